The fraction of sp³-hybridized carbons (Fsp3) is 0.208. The second-order valence-electron chi connectivity index (χ2n) is 7.27. The number of carbonyl (C=O) groups is 2. The van der Waals surface area contributed by atoms with Gasteiger partial charge in [0.15, 0.2) is 0 Å². The van der Waals surface area contributed by atoms with Crippen molar-refractivity contribution in [3.05, 3.63) is 86.7 Å². The third-order valence-corrected chi connectivity index (χ3v) is 5.76. The lowest BCUT2D eigenvalue weighted by molar-refractivity contribution is 0.0525. The maximum absolute atomic E-state index is 13.2. The molecule has 0 radical (unpaired) electrons. The molecule has 0 saturated heterocycles. The van der Waals surface area contributed by atoms with Crippen LogP contribution in [0.5, 0.6) is 0 Å². The molecule has 0 fully saturated rings. The monoisotopic (exact) mass is 454 g/mol. The Hall–Kier alpha value is -2.89. The number of carbonyl (C=O) groups excluding carboxylic acids is 2. The van der Waals surface area contributed by atoms with Crippen molar-refractivity contribution in [1.82, 2.24) is 9.88 Å². The largest absolute Gasteiger partial charge is 0.462 e. The Labute approximate surface area is 190 Å². The van der Waals surface area contributed by atoms with Crippen LogP contribution in [0, 0.1) is 6.92 Å². The summed E-state index contributed by atoms with van der Waals surface area (Å²) in [4.78, 5) is 32.3. The van der Waals surface area contributed by atoms with E-state index in [2.05, 4.69) is 4.98 Å². The number of rotatable bonds is 5. The average molecular weight is 455 g/mol. The van der Waals surface area contributed by atoms with E-state index >= 15 is 0 Å². The normalized spacial score (nSPS) is 12.8. The first-order chi connectivity index (χ1) is 14.9. The van der Waals surface area contributed by atoms with Crippen LogP contribution in [0.3, 0.4) is 0 Å². The number of benzene rings is 2. The first-order valence-corrected chi connectivity index (χ1v) is 10.7. The predicted octanol–water partition coefficient (Wildman–Crippen LogP) is 5.70. The Morgan fingerprint density at radius 3 is 2.58 bits per heavy atom. The summed E-state index contributed by atoms with van der Waals surface area (Å²) in [6.45, 7) is 4.43. The quantitative estimate of drug-likeness (QED) is 0.464. The molecule has 0 aliphatic carbocycles. The number of halogens is 2. The minimum Gasteiger partial charge on any atom is -0.462 e. The molecule has 0 N–H and O–H groups in total. The first-order valence-electron chi connectivity index (χ1n) is 9.90. The van der Waals surface area contributed by atoms with Gasteiger partial charge in [0, 0.05) is 39.8 Å². The second kappa shape index (κ2) is 8.69. The molecule has 1 aliphatic heterocycles. The van der Waals surface area contributed by atoms with E-state index in [9.17, 15) is 9.59 Å². The smallest absolute Gasteiger partial charge is 0.340 e. The highest BCUT2D eigenvalue weighted by atomic mass is 35.5. The van der Waals surface area contributed by atoms with E-state index in [1.54, 1.807) is 36.9 Å². The van der Waals surface area contributed by atoms with Crippen LogP contribution < -0.4 is 0 Å². The lowest BCUT2D eigenvalue weighted by atomic mass is 9.93. The zero-order valence-electron chi connectivity index (χ0n) is 17.1. The minimum absolute atomic E-state index is 0.177. The summed E-state index contributed by atoms with van der Waals surface area (Å²) < 4.78 is 5.30. The summed E-state index contributed by atoms with van der Waals surface area (Å²) in [6.07, 6.45) is 0. The topological polar surface area (TPSA) is 59.5 Å². The van der Waals surface area contributed by atoms with Gasteiger partial charge in [-0.2, -0.15) is 0 Å². The van der Waals surface area contributed by atoms with Crippen molar-refractivity contribution in [3.8, 4) is 11.1 Å². The second-order valence-corrected chi connectivity index (χ2v) is 8.11. The third kappa shape index (κ3) is 4.03. The van der Waals surface area contributed by atoms with E-state index < -0.39 is 5.97 Å². The van der Waals surface area contributed by atoms with Gasteiger partial charge in [-0.05, 0) is 31.5 Å². The molecule has 2 aromatic carbocycles. The van der Waals surface area contributed by atoms with E-state index in [-0.39, 0.29) is 12.5 Å². The Morgan fingerprint density at radius 2 is 1.90 bits per heavy atom. The number of pyridine rings is 1. The summed E-state index contributed by atoms with van der Waals surface area (Å²) in [6, 6.07) is 14.8. The number of hydrogen-bond donors (Lipinski definition) is 0. The van der Waals surface area contributed by atoms with Gasteiger partial charge in [-0.3, -0.25) is 4.79 Å². The third-order valence-electron chi connectivity index (χ3n) is 5.21. The van der Waals surface area contributed by atoms with Crippen molar-refractivity contribution in [2.24, 2.45) is 0 Å². The number of aromatic nitrogens is 1. The molecule has 1 aromatic heterocycles. The van der Waals surface area contributed by atoms with E-state index in [1.165, 1.54) is 0 Å². The molecule has 0 saturated carbocycles. The minimum atomic E-state index is -0.495. The maximum Gasteiger partial charge on any atom is 0.340 e. The molecule has 1 aliphatic rings. The van der Waals surface area contributed by atoms with Gasteiger partial charge < -0.3 is 9.64 Å². The SMILES string of the molecule is CCOC(=O)c1c(C)nc2c(c1-c1ccc(Cl)cc1Cl)CN(Cc1ccccc1)C2=O. The average Bonchev–Trinajstić information content (AvgIpc) is 3.03. The summed E-state index contributed by atoms with van der Waals surface area (Å²) in [5.41, 5.74) is 3.95. The number of hydrogen-bond acceptors (Lipinski definition) is 4. The van der Waals surface area contributed by atoms with Crippen LogP contribution in [0.2, 0.25) is 10.0 Å². The Morgan fingerprint density at radius 1 is 1.16 bits per heavy atom. The number of amides is 1. The van der Waals surface area contributed by atoms with E-state index in [0.29, 0.717) is 56.8 Å². The van der Waals surface area contributed by atoms with E-state index in [0.717, 1.165) is 5.56 Å². The van der Waals surface area contributed by atoms with Gasteiger partial charge in [-0.1, -0.05) is 59.6 Å². The highest BCUT2D eigenvalue weighted by Crippen LogP contribution is 2.40. The van der Waals surface area contributed by atoms with Gasteiger partial charge in [0.05, 0.1) is 17.9 Å². The van der Waals surface area contributed by atoms with Crippen molar-refractivity contribution in [2.45, 2.75) is 26.9 Å². The zero-order valence-corrected chi connectivity index (χ0v) is 18.6. The van der Waals surface area contributed by atoms with Crippen LogP contribution in [-0.2, 0) is 17.8 Å². The highest BCUT2D eigenvalue weighted by molar-refractivity contribution is 6.36. The lowest BCUT2D eigenvalue weighted by Crippen LogP contribution is -2.23. The van der Waals surface area contributed by atoms with Gasteiger partial charge in [0.1, 0.15) is 5.69 Å². The van der Waals surface area contributed by atoms with Crippen LogP contribution in [0.1, 0.15) is 44.6 Å². The van der Waals surface area contributed by atoms with Crippen molar-refractivity contribution in [3.63, 3.8) is 0 Å². The molecule has 2 heterocycles. The number of aryl methyl sites for hydroxylation is 1. The predicted molar refractivity (Wildman–Crippen MR) is 120 cm³/mol. The summed E-state index contributed by atoms with van der Waals surface area (Å²) in [5.74, 6) is -0.672. The number of fused-ring (bicyclic) bond motifs is 1. The zero-order chi connectivity index (χ0) is 22.1. The van der Waals surface area contributed by atoms with Crippen LogP contribution in [-0.4, -0.2) is 28.4 Å². The lowest BCUT2D eigenvalue weighted by Gasteiger charge is -2.17. The van der Waals surface area contributed by atoms with Crippen molar-refractivity contribution < 1.29 is 14.3 Å². The molecule has 0 spiro atoms. The maximum atomic E-state index is 13.2. The Balaban J connectivity index is 1.88. The number of esters is 1. The van der Waals surface area contributed by atoms with Crippen molar-refractivity contribution in [2.75, 3.05) is 6.61 Å². The summed E-state index contributed by atoms with van der Waals surface area (Å²) >= 11 is 12.6. The fourth-order valence-corrected chi connectivity index (χ4v) is 4.36. The molecule has 31 heavy (non-hydrogen) atoms. The highest BCUT2D eigenvalue weighted by Gasteiger charge is 2.35. The van der Waals surface area contributed by atoms with E-state index in [1.807, 2.05) is 30.3 Å². The van der Waals surface area contributed by atoms with Gasteiger partial charge in [-0.15, -0.1) is 0 Å². The molecule has 3 aromatic rings. The van der Waals surface area contributed by atoms with Crippen LogP contribution in [0.15, 0.2) is 48.5 Å². The van der Waals surface area contributed by atoms with Gasteiger partial charge in [0.2, 0.25) is 0 Å². The van der Waals surface area contributed by atoms with Crippen LogP contribution in [0.4, 0.5) is 0 Å². The summed E-state index contributed by atoms with van der Waals surface area (Å²) in [5, 5.41) is 0.871. The molecular formula is C24H20Cl2N2O3. The molecule has 0 bridgehead atoms. The fourth-order valence-electron chi connectivity index (χ4n) is 3.86. The standard InChI is InChI=1S/C24H20Cl2N2O3/c1-3-31-24(30)20-14(2)27-22-18(21(20)17-10-9-16(25)11-19(17)26)13-28(23(22)29)12-15-7-5-4-6-8-15/h4-11H,3,12-13H2,1-2H3. The van der Waals surface area contributed by atoms with E-state index in [4.69, 9.17) is 27.9 Å². The number of nitrogens with zero attached hydrogens (tertiary/aromatic N) is 2. The summed E-state index contributed by atoms with van der Waals surface area (Å²) in [7, 11) is 0. The van der Waals surface area contributed by atoms with Crippen LogP contribution >= 0.6 is 23.2 Å². The molecular weight excluding hydrogens is 435 g/mol. The first kappa shape index (κ1) is 21.3. The molecule has 4 rings (SSSR count). The molecule has 1 amide bonds. The van der Waals surface area contributed by atoms with Gasteiger partial charge in [-0.25, -0.2) is 9.78 Å². The molecule has 158 valence electrons. The molecule has 5 nitrogen and oxygen atoms in total. The van der Waals surface area contributed by atoms with Crippen molar-refractivity contribution >= 4 is 35.1 Å². The number of ether oxygens (including phenoxy) is 1. The van der Waals surface area contributed by atoms with Crippen molar-refractivity contribution in [1.29, 1.82) is 0 Å². The molecule has 0 atom stereocenters. The van der Waals surface area contributed by atoms with Gasteiger partial charge in [0.25, 0.3) is 5.91 Å². The van der Waals surface area contributed by atoms with Crippen LogP contribution in [0.25, 0.3) is 11.1 Å². The Kier molecular flexibility index (Phi) is 5.99. The molecule has 0 unspecified atom stereocenters. The Bertz CT molecular complexity index is 1180. The molecule has 7 heteroatoms. The van der Waals surface area contributed by atoms with Gasteiger partial charge >= 0.3 is 5.97 Å².